The fraction of sp³-hybridized carbons (Fsp3) is 0.462. The zero-order valence-corrected chi connectivity index (χ0v) is 10.3. The van der Waals surface area contributed by atoms with Crippen molar-refractivity contribution >= 4 is 11.6 Å². The summed E-state index contributed by atoms with van der Waals surface area (Å²) in [5.41, 5.74) is 2.89. The molecule has 1 aromatic carbocycles. The lowest BCUT2D eigenvalue weighted by Gasteiger charge is -2.26. The number of methoxy groups -OCH3 is 1. The summed E-state index contributed by atoms with van der Waals surface area (Å²) < 4.78 is 11.0. The predicted octanol–water partition coefficient (Wildman–Crippen LogP) is 0.851. The number of rotatable bonds is 2. The number of anilines is 1. The molecule has 1 unspecified atom stereocenters. The number of carbonyl (C=O) groups is 1. The maximum Gasteiger partial charge on any atom is 0.228 e. The second kappa shape index (κ2) is 4.59. The molecule has 0 bridgehead atoms. The largest absolute Gasteiger partial charge is 0.497 e. The lowest BCUT2D eigenvalue weighted by atomic mass is 10.0. The highest BCUT2D eigenvalue weighted by Gasteiger charge is 2.27. The topological polar surface area (TPSA) is 59.6 Å². The maximum atomic E-state index is 11.5. The minimum atomic E-state index is -0.0269. The van der Waals surface area contributed by atoms with Crippen LogP contribution < -0.4 is 15.4 Å². The van der Waals surface area contributed by atoms with Crippen molar-refractivity contribution in [2.45, 2.75) is 12.5 Å². The molecule has 0 aromatic heterocycles. The Kier molecular flexibility index (Phi) is 2.93. The number of ether oxygens (including phenoxy) is 2. The Morgan fingerprint density at radius 2 is 2.33 bits per heavy atom. The molecule has 0 aliphatic carbocycles. The van der Waals surface area contributed by atoms with Gasteiger partial charge < -0.3 is 20.1 Å². The Bertz CT molecular complexity index is 481. The number of carbonyl (C=O) groups excluding carboxylic acids is 1. The van der Waals surface area contributed by atoms with Gasteiger partial charge in [0.2, 0.25) is 5.91 Å². The van der Waals surface area contributed by atoms with Crippen molar-refractivity contribution < 1.29 is 14.3 Å². The van der Waals surface area contributed by atoms with Gasteiger partial charge in [0.1, 0.15) is 5.75 Å². The molecule has 3 rings (SSSR count). The van der Waals surface area contributed by atoms with E-state index in [1.54, 1.807) is 7.11 Å². The smallest absolute Gasteiger partial charge is 0.228 e. The van der Waals surface area contributed by atoms with Crippen LogP contribution >= 0.6 is 0 Å². The SMILES string of the molecule is COc1cc2c(c(C3CNCCO3)c1)NC(=O)C2. The van der Waals surface area contributed by atoms with Crippen LogP contribution in [0.2, 0.25) is 0 Å². The van der Waals surface area contributed by atoms with Gasteiger partial charge >= 0.3 is 0 Å². The summed E-state index contributed by atoms with van der Waals surface area (Å²) in [7, 11) is 1.63. The van der Waals surface area contributed by atoms with E-state index >= 15 is 0 Å². The van der Waals surface area contributed by atoms with E-state index in [0.29, 0.717) is 13.0 Å². The summed E-state index contributed by atoms with van der Waals surface area (Å²) in [6.45, 7) is 2.31. The minimum absolute atomic E-state index is 0.0269. The average molecular weight is 248 g/mol. The number of morpholine rings is 1. The standard InChI is InChI=1S/C13H16N2O3/c1-17-9-4-8-5-12(16)15-13(8)10(6-9)11-7-14-2-3-18-11/h4,6,11,14H,2-3,5,7H2,1H3,(H,15,16). The van der Waals surface area contributed by atoms with Gasteiger partial charge in [-0.05, 0) is 17.7 Å². The van der Waals surface area contributed by atoms with E-state index in [9.17, 15) is 4.79 Å². The lowest BCUT2D eigenvalue weighted by Crippen LogP contribution is -2.33. The van der Waals surface area contributed by atoms with Crippen LogP contribution in [0.1, 0.15) is 17.2 Å². The summed E-state index contributed by atoms with van der Waals surface area (Å²) in [6.07, 6.45) is 0.389. The van der Waals surface area contributed by atoms with E-state index in [4.69, 9.17) is 9.47 Å². The molecule has 2 aliphatic heterocycles. The van der Waals surface area contributed by atoms with Crippen LogP contribution in [-0.2, 0) is 16.0 Å². The third kappa shape index (κ3) is 1.95. The Hall–Kier alpha value is -1.59. The molecule has 1 amide bonds. The molecule has 2 heterocycles. The molecule has 5 nitrogen and oxygen atoms in total. The number of benzene rings is 1. The van der Waals surface area contributed by atoms with Crippen LogP contribution in [-0.4, -0.2) is 32.7 Å². The van der Waals surface area contributed by atoms with Crippen molar-refractivity contribution in [1.29, 1.82) is 0 Å². The Morgan fingerprint density at radius 1 is 1.44 bits per heavy atom. The molecular formula is C13H16N2O3. The molecule has 96 valence electrons. The molecule has 18 heavy (non-hydrogen) atoms. The van der Waals surface area contributed by atoms with Crippen molar-refractivity contribution in [3.05, 3.63) is 23.3 Å². The summed E-state index contributed by atoms with van der Waals surface area (Å²) in [5.74, 6) is 0.803. The molecule has 0 radical (unpaired) electrons. The van der Waals surface area contributed by atoms with Crippen molar-refractivity contribution in [2.24, 2.45) is 0 Å². The molecule has 1 saturated heterocycles. The van der Waals surface area contributed by atoms with E-state index in [1.165, 1.54) is 0 Å². The molecule has 1 aromatic rings. The molecule has 0 saturated carbocycles. The van der Waals surface area contributed by atoms with Gasteiger partial charge in [-0.2, -0.15) is 0 Å². The highest BCUT2D eigenvalue weighted by atomic mass is 16.5. The zero-order valence-electron chi connectivity index (χ0n) is 10.3. The van der Waals surface area contributed by atoms with Gasteiger partial charge in [-0.25, -0.2) is 0 Å². The summed E-state index contributed by atoms with van der Waals surface area (Å²) in [5, 5.41) is 6.21. The Morgan fingerprint density at radius 3 is 3.06 bits per heavy atom. The third-order valence-electron chi connectivity index (χ3n) is 3.35. The van der Waals surface area contributed by atoms with Crippen LogP contribution in [0.4, 0.5) is 5.69 Å². The molecular weight excluding hydrogens is 232 g/mol. The first kappa shape index (κ1) is 11.5. The van der Waals surface area contributed by atoms with E-state index in [0.717, 1.165) is 35.7 Å². The van der Waals surface area contributed by atoms with E-state index < -0.39 is 0 Å². The number of hydrogen-bond donors (Lipinski definition) is 2. The van der Waals surface area contributed by atoms with Crippen molar-refractivity contribution in [2.75, 3.05) is 32.1 Å². The second-order valence-corrected chi connectivity index (χ2v) is 4.54. The highest BCUT2D eigenvalue weighted by molar-refractivity contribution is 6.00. The summed E-state index contributed by atoms with van der Waals surface area (Å²) >= 11 is 0. The van der Waals surface area contributed by atoms with Gasteiger partial charge in [-0.3, -0.25) is 4.79 Å². The monoisotopic (exact) mass is 248 g/mol. The zero-order chi connectivity index (χ0) is 12.5. The highest BCUT2D eigenvalue weighted by Crippen LogP contribution is 2.36. The first-order valence-corrected chi connectivity index (χ1v) is 6.11. The summed E-state index contributed by atoms with van der Waals surface area (Å²) in [6, 6.07) is 3.86. The van der Waals surface area contributed by atoms with Gasteiger partial charge in [-0.1, -0.05) is 0 Å². The molecule has 1 atom stereocenters. The summed E-state index contributed by atoms with van der Waals surface area (Å²) in [4.78, 5) is 11.5. The van der Waals surface area contributed by atoms with Gasteiger partial charge in [0, 0.05) is 18.7 Å². The number of fused-ring (bicyclic) bond motifs is 1. The minimum Gasteiger partial charge on any atom is -0.497 e. The first-order valence-electron chi connectivity index (χ1n) is 6.11. The average Bonchev–Trinajstić information content (AvgIpc) is 2.78. The van der Waals surface area contributed by atoms with E-state index in [1.807, 2.05) is 12.1 Å². The van der Waals surface area contributed by atoms with Gasteiger partial charge in [0.15, 0.2) is 0 Å². The fourth-order valence-corrected chi connectivity index (χ4v) is 2.48. The predicted molar refractivity (Wildman–Crippen MR) is 66.9 cm³/mol. The number of nitrogens with one attached hydrogen (secondary N) is 2. The van der Waals surface area contributed by atoms with Gasteiger partial charge in [0.05, 0.1) is 31.9 Å². The van der Waals surface area contributed by atoms with E-state index in [-0.39, 0.29) is 12.0 Å². The fourth-order valence-electron chi connectivity index (χ4n) is 2.48. The van der Waals surface area contributed by atoms with Crippen LogP contribution in [0.3, 0.4) is 0 Å². The Balaban J connectivity index is 2.01. The van der Waals surface area contributed by atoms with Gasteiger partial charge in [0.25, 0.3) is 0 Å². The van der Waals surface area contributed by atoms with Crippen molar-refractivity contribution in [3.8, 4) is 5.75 Å². The number of hydrogen-bond acceptors (Lipinski definition) is 4. The lowest BCUT2D eigenvalue weighted by molar-refractivity contribution is -0.115. The van der Waals surface area contributed by atoms with Gasteiger partial charge in [-0.15, -0.1) is 0 Å². The van der Waals surface area contributed by atoms with Crippen LogP contribution in [0.5, 0.6) is 5.75 Å². The second-order valence-electron chi connectivity index (χ2n) is 4.54. The maximum absolute atomic E-state index is 11.5. The third-order valence-corrected chi connectivity index (χ3v) is 3.35. The molecule has 1 fully saturated rings. The Labute approximate surface area is 105 Å². The molecule has 5 heteroatoms. The van der Waals surface area contributed by atoms with Crippen molar-refractivity contribution in [3.63, 3.8) is 0 Å². The molecule has 0 spiro atoms. The van der Waals surface area contributed by atoms with Crippen molar-refractivity contribution in [1.82, 2.24) is 5.32 Å². The number of amides is 1. The van der Waals surface area contributed by atoms with Crippen LogP contribution in [0.25, 0.3) is 0 Å². The van der Waals surface area contributed by atoms with Crippen LogP contribution in [0, 0.1) is 0 Å². The normalized spacial score (nSPS) is 22.5. The molecule has 2 N–H and O–H groups in total. The van der Waals surface area contributed by atoms with Crippen LogP contribution in [0.15, 0.2) is 12.1 Å². The quantitative estimate of drug-likeness (QED) is 0.814. The first-order chi connectivity index (χ1) is 8.78. The van der Waals surface area contributed by atoms with E-state index in [2.05, 4.69) is 10.6 Å². The molecule has 2 aliphatic rings.